The lowest BCUT2D eigenvalue weighted by Crippen LogP contribution is -2.30. The van der Waals surface area contributed by atoms with Gasteiger partial charge in [-0.2, -0.15) is 0 Å². The van der Waals surface area contributed by atoms with Gasteiger partial charge in [-0.25, -0.2) is 4.79 Å². The van der Waals surface area contributed by atoms with E-state index < -0.39 is 17.9 Å². The third-order valence-electron chi connectivity index (χ3n) is 1.67. The number of hydrogen-bond acceptors (Lipinski definition) is 3. The summed E-state index contributed by atoms with van der Waals surface area (Å²) in [5.41, 5.74) is -0.0755. The summed E-state index contributed by atoms with van der Waals surface area (Å²) in [7, 11) is 0. The van der Waals surface area contributed by atoms with Crippen molar-refractivity contribution in [3.8, 4) is 12.3 Å². The van der Waals surface area contributed by atoms with E-state index in [0.717, 1.165) is 12.3 Å². The molecule has 5 heteroatoms. The van der Waals surface area contributed by atoms with Crippen LogP contribution in [0.4, 0.5) is 0 Å². The lowest BCUT2D eigenvalue weighted by atomic mass is 10.3. The molecule has 1 unspecified atom stereocenters. The molecule has 1 aromatic heterocycles. The van der Waals surface area contributed by atoms with Crippen molar-refractivity contribution < 1.29 is 19.1 Å². The normalized spacial score (nSPS) is 11.5. The number of carbonyl (C=O) groups is 2. The van der Waals surface area contributed by atoms with Crippen molar-refractivity contribution in [2.75, 3.05) is 0 Å². The molecule has 2 N–H and O–H groups in total. The smallest absolute Gasteiger partial charge is 0.338 e. The second kappa shape index (κ2) is 4.33. The van der Waals surface area contributed by atoms with E-state index in [1.54, 1.807) is 6.92 Å². The maximum Gasteiger partial charge on any atom is 0.338 e. The average Bonchev–Trinajstić information content (AvgIpc) is 2.66. The predicted octanol–water partition coefficient (Wildman–Crippen LogP) is 0.729. The molecule has 1 aromatic rings. The minimum absolute atomic E-state index is 0.0745. The third-order valence-corrected chi connectivity index (χ3v) is 1.67. The number of aromatic carboxylic acids is 1. The number of rotatable bonds is 3. The Morgan fingerprint density at radius 1 is 1.67 bits per heavy atom. The van der Waals surface area contributed by atoms with Gasteiger partial charge in [0.1, 0.15) is 6.26 Å². The van der Waals surface area contributed by atoms with Gasteiger partial charge in [0, 0.05) is 6.07 Å². The van der Waals surface area contributed by atoms with Crippen molar-refractivity contribution >= 4 is 11.9 Å². The highest BCUT2D eigenvalue weighted by Gasteiger charge is 2.15. The molecule has 1 heterocycles. The van der Waals surface area contributed by atoms with Crippen LogP contribution in [0.15, 0.2) is 16.7 Å². The summed E-state index contributed by atoms with van der Waals surface area (Å²) in [5, 5.41) is 11.0. The molecular weight excluding hydrogens is 198 g/mol. The average molecular weight is 207 g/mol. The van der Waals surface area contributed by atoms with Gasteiger partial charge in [-0.1, -0.05) is 5.92 Å². The van der Waals surface area contributed by atoms with Gasteiger partial charge in [0.05, 0.1) is 11.6 Å². The number of nitrogens with one attached hydrogen (secondary N) is 1. The van der Waals surface area contributed by atoms with Gasteiger partial charge in [-0.15, -0.1) is 6.42 Å². The first-order valence-corrected chi connectivity index (χ1v) is 4.13. The maximum absolute atomic E-state index is 11.4. The van der Waals surface area contributed by atoms with Crippen LogP contribution < -0.4 is 5.32 Å². The maximum atomic E-state index is 11.4. The SMILES string of the molecule is C#CC(C)NC(=O)c1cc(C(=O)O)co1. The van der Waals surface area contributed by atoms with E-state index in [4.69, 9.17) is 15.9 Å². The highest BCUT2D eigenvalue weighted by Crippen LogP contribution is 2.07. The number of hydrogen-bond donors (Lipinski definition) is 2. The van der Waals surface area contributed by atoms with Gasteiger partial charge >= 0.3 is 5.97 Å². The standard InChI is InChI=1S/C10H9NO4/c1-3-6(2)11-9(12)8-4-7(5-15-8)10(13)14/h1,4-6H,2H3,(H,11,12)(H,13,14). The Bertz CT molecular complexity index is 427. The largest absolute Gasteiger partial charge is 0.478 e. The molecule has 0 aromatic carbocycles. The van der Waals surface area contributed by atoms with Gasteiger partial charge < -0.3 is 14.8 Å². The number of carboxylic acids is 1. The molecule has 0 radical (unpaired) electrons. The van der Waals surface area contributed by atoms with Gasteiger partial charge in [-0.05, 0) is 6.92 Å². The van der Waals surface area contributed by atoms with E-state index in [1.165, 1.54) is 0 Å². The summed E-state index contributed by atoms with van der Waals surface area (Å²) in [5.74, 6) is 0.546. The second-order valence-corrected chi connectivity index (χ2v) is 2.87. The van der Waals surface area contributed by atoms with Crippen molar-refractivity contribution in [1.82, 2.24) is 5.32 Å². The first kappa shape index (κ1) is 10.9. The summed E-state index contributed by atoms with van der Waals surface area (Å²) in [6.07, 6.45) is 6.06. The zero-order valence-electron chi connectivity index (χ0n) is 7.98. The molecule has 0 saturated heterocycles. The van der Waals surface area contributed by atoms with Crippen molar-refractivity contribution in [2.24, 2.45) is 0 Å². The molecule has 0 aliphatic carbocycles. The van der Waals surface area contributed by atoms with E-state index >= 15 is 0 Å². The van der Waals surface area contributed by atoms with Crippen LogP contribution in [0.5, 0.6) is 0 Å². The lowest BCUT2D eigenvalue weighted by Gasteiger charge is -2.04. The van der Waals surface area contributed by atoms with Crippen LogP contribution in [0, 0.1) is 12.3 Å². The van der Waals surface area contributed by atoms with Crippen LogP contribution in [0.2, 0.25) is 0 Å². The molecule has 0 aliphatic rings. The van der Waals surface area contributed by atoms with Crippen molar-refractivity contribution in [3.63, 3.8) is 0 Å². The number of carboxylic acid groups (broad SMARTS) is 1. The van der Waals surface area contributed by atoms with Crippen LogP contribution in [0.1, 0.15) is 27.8 Å². The Hall–Kier alpha value is -2.22. The Labute approximate surface area is 86.1 Å². The fraction of sp³-hybridized carbons (Fsp3) is 0.200. The van der Waals surface area contributed by atoms with Crippen LogP contribution in [-0.4, -0.2) is 23.0 Å². The molecule has 1 atom stereocenters. The molecule has 0 saturated carbocycles. The van der Waals surface area contributed by atoms with Crippen LogP contribution in [-0.2, 0) is 0 Å². The van der Waals surface area contributed by atoms with E-state index in [9.17, 15) is 9.59 Å². The highest BCUT2D eigenvalue weighted by atomic mass is 16.4. The van der Waals surface area contributed by atoms with Crippen molar-refractivity contribution in [2.45, 2.75) is 13.0 Å². The molecule has 78 valence electrons. The molecule has 15 heavy (non-hydrogen) atoms. The summed E-state index contributed by atoms with van der Waals surface area (Å²) in [4.78, 5) is 21.8. The monoisotopic (exact) mass is 207 g/mol. The third kappa shape index (κ3) is 2.61. The number of furan rings is 1. The van der Waals surface area contributed by atoms with E-state index in [2.05, 4.69) is 11.2 Å². The van der Waals surface area contributed by atoms with Gasteiger partial charge in [0.15, 0.2) is 5.76 Å². The molecule has 0 spiro atoms. The fourth-order valence-corrected chi connectivity index (χ4v) is 0.877. The zero-order valence-corrected chi connectivity index (χ0v) is 7.98. The van der Waals surface area contributed by atoms with Crippen LogP contribution in [0.3, 0.4) is 0 Å². The molecular formula is C10H9NO4. The molecule has 0 bridgehead atoms. The molecule has 1 rings (SSSR count). The molecule has 5 nitrogen and oxygen atoms in total. The predicted molar refractivity (Wildman–Crippen MR) is 51.4 cm³/mol. The second-order valence-electron chi connectivity index (χ2n) is 2.87. The minimum atomic E-state index is -1.15. The number of terminal acetylenes is 1. The Balaban J connectivity index is 2.75. The molecule has 0 aliphatic heterocycles. The Kier molecular flexibility index (Phi) is 3.13. The molecule has 1 amide bonds. The molecule has 0 fully saturated rings. The van der Waals surface area contributed by atoms with Gasteiger partial charge in [0.2, 0.25) is 0 Å². The van der Waals surface area contributed by atoms with E-state index in [0.29, 0.717) is 0 Å². The first-order chi connectivity index (χ1) is 7.04. The summed E-state index contributed by atoms with van der Waals surface area (Å²) < 4.78 is 4.77. The number of carbonyl (C=O) groups excluding carboxylic acids is 1. The minimum Gasteiger partial charge on any atom is -0.478 e. The van der Waals surface area contributed by atoms with Gasteiger partial charge in [-0.3, -0.25) is 4.79 Å². The first-order valence-electron chi connectivity index (χ1n) is 4.13. The fourth-order valence-electron chi connectivity index (χ4n) is 0.877. The van der Waals surface area contributed by atoms with E-state index in [-0.39, 0.29) is 11.3 Å². The summed E-state index contributed by atoms with van der Waals surface area (Å²) >= 11 is 0. The van der Waals surface area contributed by atoms with Crippen molar-refractivity contribution in [1.29, 1.82) is 0 Å². The Morgan fingerprint density at radius 2 is 2.33 bits per heavy atom. The quantitative estimate of drug-likeness (QED) is 0.716. The lowest BCUT2D eigenvalue weighted by molar-refractivity contribution is 0.0696. The highest BCUT2D eigenvalue weighted by molar-refractivity contribution is 5.95. The topological polar surface area (TPSA) is 79.5 Å². The summed E-state index contributed by atoms with van der Waals surface area (Å²) in [6, 6.07) is 0.705. The Morgan fingerprint density at radius 3 is 2.80 bits per heavy atom. The number of amides is 1. The van der Waals surface area contributed by atoms with E-state index in [1.807, 2.05) is 0 Å². The van der Waals surface area contributed by atoms with Crippen LogP contribution in [0.25, 0.3) is 0 Å². The van der Waals surface area contributed by atoms with Crippen LogP contribution >= 0.6 is 0 Å². The zero-order chi connectivity index (χ0) is 11.4. The van der Waals surface area contributed by atoms with Gasteiger partial charge in [0.25, 0.3) is 5.91 Å². The summed E-state index contributed by atoms with van der Waals surface area (Å²) in [6.45, 7) is 1.62. The van der Waals surface area contributed by atoms with Crippen molar-refractivity contribution in [3.05, 3.63) is 23.7 Å².